The highest BCUT2D eigenvalue weighted by molar-refractivity contribution is 7.86. The number of halogens is 1. The van der Waals surface area contributed by atoms with Gasteiger partial charge in [-0.15, -0.1) is 0 Å². The average molecular weight is 369 g/mol. The lowest BCUT2D eigenvalue weighted by atomic mass is 10.1. The quantitative estimate of drug-likeness (QED) is 0.761. The van der Waals surface area contributed by atoms with Gasteiger partial charge in [0, 0.05) is 44.8 Å². The number of ketones is 1. The number of carbonyl (C=O) groups is 1. The molecule has 0 spiro atoms. The lowest BCUT2D eigenvalue weighted by Gasteiger charge is -2.38. The first-order chi connectivity index (χ1) is 11.9. The van der Waals surface area contributed by atoms with Crippen molar-refractivity contribution >= 4 is 21.7 Å². The maximum atomic E-state index is 14.3. The highest BCUT2D eigenvalue weighted by Gasteiger charge is 2.33. The average Bonchev–Trinajstić information content (AvgIpc) is 2.62. The van der Waals surface area contributed by atoms with Crippen LogP contribution in [-0.4, -0.2) is 62.1 Å². The van der Waals surface area contributed by atoms with Crippen molar-refractivity contribution in [2.75, 3.05) is 44.2 Å². The fourth-order valence-electron chi connectivity index (χ4n) is 3.40. The summed E-state index contributed by atoms with van der Waals surface area (Å²) in [5, 5.41) is 0. The van der Waals surface area contributed by atoms with Crippen molar-refractivity contribution in [2.45, 2.75) is 26.2 Å². The van der Waals surface area contributed by atoms with E-state index in [0.29, 0.717) is 50.5 Å². The summed E-state index contributed by atoms with van der Waals surface area (Å²) in [7, 11) is -3.42. The normalized spacial score (nSPS) is 20.6. The van der Waals surface area contributed by atoms with Crippen LogP contribution in [0, 0.1) is 5.82 Å². The Morgan fingerprint density at radius 1 is 0.960 bits per heavy atom. The third-order valence-corrected chi connectivity index (χ3v) is 6.94. The summed E-state index contributed by atoms with van der Waals surface area (Å²) in [5.74, 6) is -0.622. The van der Waals surface area contributed by atoms with Crippen LogP contribution in [0.5, 0.6) is 0 Å². The van der Waals surface area contributed by atoms with Crippen molar-refractivity contribution in [1.29, 1.82) is 0 Å². The van der Waals surface area contributed by atoms with Crippen molar-refractivity contribution in [3.8, 4) is 0 Å². The summed E-state index contributed by atoms with van der Waals surface area (Å²) >= 11 is 0. The molecule has 0 atom stereocenters. The molecule has 2 heterocycles. The smallest absolute Gasteiger partial charge is 0.282 e. The molecular weight excluding hydrogens is 345 g/mol. The first-order valence-corrected chi connectivity index (χ1v) is 10.1. The van der Waals surface area contributed by atoms with Gasteiger partial charge in [0.05, 0.1) is 5.69 Å². The van der Waals surface area contributed by atoms with Gasteiger partial charge in [0.1, 0.15) is 5.82 Å². The minimum atomic E-state index is -3.42. The Kier molecular flexibility index (Phi) is 5.41. The molecule has 1 aromatic rings. The van der Waals surface area contributed by atoms with Crippen molar-refractivity contribution in [1.82, 2.24) is 8.61 Å². The van der Waals surface area contributed by atoms with E-state index < -0.39 is 16.0 Å². The monoisotopic (exact) mass is 369 g/mol. The van der Waals surface area contributed by atoms with Crippen LogP contribution in [0.4, 0.5) is 10.1 Å². The zero-order chi connectivity index (χ0) is 18.0. The van der Waals surface area contributed by atoms with Gasteiger partial charge in [0.15, 0.2) is 5.78 Å². The molecule has 2 aliphatic heterocycles. The lowest BCUT2D eigenvalue weighted by Crippen LogP contribution is -2.54. The largest absolute Gasteiger partial charge is 0.367 e. The Morgan fingerprint density at radius 2 is 1.56 bits per heavy atom. The summed E-state index contributed by atoms with van der Waals surface area (Å²) < 4.78 is 42.7. The third-order valence-electron chi connectivity index (χ3n) is 4.90. The van der Waals surface area contributed by atoms with Crippen LogP contribution in [0.15, 0.2) is 18.2 Å². The number of Topliss-reactive ketones (excluding diaryl/α,β-unsaturated/α-hetero) is 1. The van der Waals surface area contributed by atoms with Gasteiger partial charge in [-0.25, -0.2) is 4.39 Å². The van der Waals surface area contributed by atoms with Crippen LogP contribution < -0.4 is 4.90 Å². The van der Waals surface area contributed by atoms with Gasteiger partial charge in [-0.2, -0.15) is 17.0 Å². The molecule has 0 bridgehead atoms. The highest BCUT2D eigenvalue weighted by atomic mass is 32.2. The number of nitrogens with zero attached hydrogens (tertiary/aromatic N) is 3. The lowest BCUT2D eigenvalue weighted by molar-refractivity contribution is 0.101. The topological polar surface area (TPSA) is 60.9 Å². The molecule has 0 radical (unpaired) electrons. The molecule has 138 valence electrons. The second-order valence-electron chi connectivity index (χ2n) is 6.58. The first-order valence-electron chi connectivity index (χ1n) is 8.70. The molecule has 8 heteroatoms. The second kappa shape index (κ2) is 7.39. The molecule has 6 nitrogen and oxygen atoms in total. The molecule has 0 saturated carbocycles. The molecule has 2 fully saturated rings. The minimum Gasteiger partial charge on any atom is -0.367 e. The fraction of sp³-hybridized carbons (Fsp3) is 0.588. The van der Waals surface area contributed by atoms with Crippen molar-refractivity contribution in [3.05, 3.63) is 29.6 Å². The number of piperidine rings is 1. The standard InChI is InChI=1S/C17H24FN3O3S/c1-14(22)15-5-6-17(16(18)13-15)19-9-11-21(12-10-19)25(23,24)20-7-3-2-4-8-20/h5-6,13H,2-4,7-12H2,1H3. The number of piperazine rings is 1. The Balaban J connectivity index is 1.66. The number of rotatable bonds is 4. The van der Waals surface area contributed by atoms with E-state index >= 15 is 0 Å². The summed E-state index contributed by atoms with van der Waals surface area (Å²) in [5.41, 5.74) is 0.757. The van der Waals surface area contributed by atoms with Gasteiger partial charge < -0.3 is 4.90 Å². The maximum absolute atomic E-state index is 14.3. The Labute approximate surface area is 148 Å². The van der Waals surface area contributed by atoms with Gasteiger partial charge in [-0.05, 0) is 38.0 Å². The molecule has 2 saturated heterocycles. The molecule has 0 aromatic heterocycles. The van der Waals surface area contributed by atoms with Gasteiger partial charge >= 0.3 is 0 Å². The maximum Gasteiger partial charge on any atom is 0.282 e. The molecule has 25 heavy (non-hydrogen) atoms. The predicted octanol–water partition coefficient (Wildman–Crippen LogP) is 1.88. The van der Waals surface area contributed by atoms with Crippen molar-refractivity contribution in [3.63, 3.8) is 0 Å². The van der Waals surface area contributed by atoms with Gasteiger partial charge in [0.2, 0.25) is 0 Å². The van der Waals surface area contributed by atoms with E-state index in [1.54, 1.807) is 16.4 Å². The Morgan fingerprint density at radius 3 is 2.12 bits per heavy atom. The zero-order valence-corrected chi connectivity index (χ0v) is 15.3. The zero-order valence-electron chi connectivity index (χ0n) is 14.4. The molecular formula is C17H24FN3O3S. The summed E-state index contributed by atoms with van der Waals surface area (Å²) in [6.07, 6.45) is 2.90. The molecule has 0 N–H and O–H groups in total. The SMILES string of the molecule is CC(=O)c1ccc(N2CCN(S(=O)(=O)N3CCCCC3)CC2)c(F)c1. The summed E-state index contributed by atoms with van der Waals surface area (Å²) in [6, 6.07) is 4.45. The number of hydrogen-bond acceptors (Lipinski definition) is 4. The Hall–Kier alpha value is -1.51. The predicted molar refractivity (Wildman–Crippen MR) is 94.5 cm³/mol. The van der Waals surface area contributed by atoms with Gasteiger partial charge in [0.25, 0.3) is 10.2 Å². The molecule has 0 unspecified atom stereocenters. The highest BCUT2D eigenvalue weighted by Crippen LogP contribution is 2.24. The van der Waals surface area contributed by atoms with E-state index in [2.05, 4.69) is 0 Å². The van der Waals surface area contributed by atoms with Gasteiger partial charge in [-0.1, -0.05) is 6.42 Å². The van der Waals surface area contributed by atoms with Crippen LogP contribution >= 0.6 is 0 Å². The second-order valence-corrected chi connectivity index (χ2v) is 8.50. The van der Waals surface area contributed by atoms with E-state index in [4.69, 9.17) is 0 Å². The molecule has 0 amide bonds. The van der Waals surface area contributed by atoms with Crippen molar-refractivity contribution in [2.24, 2.45) is 0 Å². The Bertz CT molecular complexity index is 740. The van der Waals surface area contributed by atoms with Crippen LogP contribution in [-0.2, 0) is 10.2 Å². The van der Waals surface area contributed by atoms with E-state index in [-0.39, 0.29) is 5.78 Å². The molecule has 3 rings (SSSR count). The van der Waals surface area contributed by atoms with E-state index in [9.17, 15) is 17.6 Å². The van der Waals surface area contributed by atoms with E-state index in [1.165, 1.54) is 17.3 Å². The number of hydrogen-bond donors (Lipinski definition) is 0. The van der Waals surface area contributed by atoms with Gasteiger partial charge in [-0.3, -0.25) is 4.79 Å². The van der Waals surface area contributed by atoms with Crippen LogP contribution in [0.3, 0.4) is 0 Å². The van der Waals surface area contributed by atoms with E-state index in [0.717, 1.165) is 19.3 Å². The minimum absolute atomic E-state index is 0.178. The summed E-state index contributed by atoms with van der Waals surface area (Å²) in [6.45, 7) is 4.12. The molecule has 0 aliphatic carbocycles. The number of carbonyl (C=O) groups excluding carboxylic acids is 1. The van der Waals surface area contributed by atoms with Crippen LogP contribution in [0.25, 0.3) is 0 Å². The van der Waals surface area contributed by atoms with Crippen molar-refractivity contribution < 1.29 is 17.6 Å². The fourth-order valence-corrected chi connectivity index (χ4v) is 5.07. The first kappa shape index (κ1) is 18.3. The molecule has 1 aromatic carbocycles. The van der Waals surface area contributed by atoms with Crippen LogP contribution in [0.2, 0.25) is 0 Å². The molecule has 2 aliphatic rings. The summed E-state index contributed by atoms with van der Waals surface area (Å²) in [4.78, 5) is 13.2. The number of anilines is 1. The van der Waals surface area contributed by atoms with E-state index in [1.807, 2.05) is 4.90 Å². The van der Waals surface area contributed by atoms with Crippen LogP contribution in [0.1, 0.15) is 36.5 Å². The number of benzene rings is 1. The third kappa shape index (κ3) is 3.86.